The summed E-state index contributed by atoms with van der Waals surface area (Å²) >= 11 is 17.3. The van der Waals surface area contributed by atoms with Crippen molar-refractivity contribution in [2.24, 2.45) is 0 Å². The molecule has 214 valence electrons. The fraction of sp³-hybridized carbons (Fsp3) is 0.304. The van der Waals surface area contributed by atoms with Crippen LogP contribution in [0.25, 0.3) is 6.08 Å². The molecule has 0 aliphatic carbocycles. The smallest absolute Gasteiger partial charge is 0.339 e. The molecule has 1 unspecified atom stereocenters. The average molecular weight is 630 g/mol. The second-order valence-electron chi connectivity index (χ2n) is 7.88. The van der Waals surface area contributed by atoms with Gasteiger partial charge in [-0.1, -0.05) is 53.0 Å². The second kappa shape index (κ2) is 12.7. The van der Waals surface area contributed by atoms with Crippen molar-refractivity contribution in [2.45, 2.75) is 37.3 Å². The van der Waals surface area contributed by atoms with Gasteiger partial charge in [0.1, 0.15) is 0 Å². The van der Waals surface area contributed by atoms with E-state index >= 15 is 0 Å². The van der Waals surface area contributed by atoms with Crippen molar-refractivity contribution in [1.82, 2.24) is 10.6 Å². The first kappa shape index (κ1) is 32.6. The van der Waals surface area contributed by atoms with Gasteiger partial charge in [0.05, 0.1) is 45.2 Å². The van der Waals surface area contributed by atoms with E-state index in [-0.39, 0.29) is 20.6 Å². The molecule has 2 rings (SSSR count). The number of carbonyl (C=O) groups is 2. The van der Waals surface area contributed by atoms with Crippen LogP contribution in [0, 0.1) is 0 Å². The van der Waals surface area contributed by atoms with Gasteiger partial charge in [-0.2, -0.15) is 39.5 Å². The zero-order valence-corrected chi connectivity index (χ0v) is 21.4. The second-order valence-corrected chi connectivity index (χ2v) is 9.07. The lowest BCUT2D eigenvalue weighted by molar-refractivity contribution is -0.144. The Morgan fingerprint density at radius 1 is 0.872 bits per heavy atom. The third kappa shape index (κ3) is 9.80. The summed E-state index contributed by atoms with van der Waals surface area (Å²) < 4.78 is 118. The number of amides is 2. The molecule has 39 heavy (non-hydrogen) atoms. The highest BCUT2D eigenvalue weighted by atomic mass is 35.5. The normalized spacial score (nSPS) is 13.4. The van der Waals surface area contributed by atoms with Gasteiger partial charge >= 0.3 is 18.5 Å². The minimum atomic E-state index is -5.12. The molecule has 0 aromatic heterocycles. The van der Waals surface area contributed by atoms with Gasteiger partial charge in [0.25, 0.3) is 5.91 Å². The molecular weight excluding hydrogens is 614 g/mol. The van der Waals surface area contributed by atoms with Crippen LogP contribution in [-0.4, -0.2) is 30.8 Å². The lowest BCUT2D eigenvalue weighted by Gasteiger charge is -2.19. The largest absolute Gasteiger partial charge is 0.417 e. The number of benzene rings is 2. The topological polar surface area (TPSA) is 58.2 Å². The van der Waals surface area contributed by atoms with Gasteiger partial charge in [-0.05, 0) is 35.4 Å². The number of hydrogen-bond acceptors (Lipinski definition) is 2. The average Bonchev–Trinajstić information content (AvgIpc) is 2.79. The number of alkyl halides is 9. The van der Waals surface area contributed by atoms with Crippen molar-refractivity contribution in [2.75, 3.05) is 6.67 Å². The minimum Gasteiger partial charge on any atom is -0.339 e. The van der Waals surface area contributed by atoms with Gasteiger partial charge in [0.2, 0.25) is 5.91 Å². The maximum atomic E-state index is 13.7. The Kier molecular flexibility index (Phi) is 10.6. The standard InChI is InChI=1S/C23H16Cl3F9N2O2/c24-16-8-12(9-17(25)19(16)26)14(22(30,31)32)4-2-11-1-3-13(15(7-11)23(33,34)35)20(39)37-10-36-18(38)5-6-21(27,28)29/h1-4,7-9,14H,5-6,10H2,(H,36,38)(H,37,39)/b4-2+. The summed E-state index contributed by atoms with van der Waals surface area (Å²) in [6, 6.07) is 3.89. The fourth-order valence-electron chi connectivity index (χ4n) is 3.13. The van der Waals surface area contributed by atoms with E-state index in [1.54, 1.807) is 0 Å². The molecule has 2 N–H and O–H groups in total. The van der Waals surface area contributed by atoms with Crippen LogP contribution >= 0.6 is 34.8 Å². The monoisotopic (exact) mass is 628 g/mol. The van der Waals surface area contributed by atoms with Crippen LogP contribution in [0.3, 0.4) is 0 Å². The van der Waals surface area contributed by atoms with E-state index < -0.39 is 72.5 Å². The first-order valence-electron chi connectivity index (χ1n) is 10.5. The van der Waals surface area contributed by atoms with E-state index in [9.17, 15) is 49.1 Å². The van der Waals surface area contributed by atoms with Crippen LogP contribution in [0.1, 0.15) is 45.8 Å². The number of allylic oxidation sites excluding steroid dienone is 1. The Labute approximate surface area is 230 Å². The summed E-state index contributed by atoms with van der Waals surface area (Å²) in [7, 11) is 0. The summed E-state index contributed by atoms with van der Waals surface area (Å²) in [4.78, 5) is 23.6. The van der Waals surface area contributed by atoms with Crippen molar-refractivity contribution >= 4 is 52.7 Å². The van der Waals surface area contributed by atoms with Crippen LogP contribution in [0.5, 0.6) is 0 Å². The molecule has 1 atom stereocenters. The van der Waals surface area contributed by atoms with E-state index in [2.05, 4.69) is 0 Å². The quantitative estimate of drug-likeness (QED) is 0.176. The van der Waals surface area contributed by atoms with Gasteiger partial charge in [-0.3, -0.25) is 9.59 Å². The number of carbonyl (C=O) groups excluding carboxylic acids is 2. The summed E-state index contributed by atoms with van der Waals surface area (Å²) in [6.07, 6.45) is -15.7. The van der Waals surface area contributed by atoms with Crippen LogP contribution < -0.4 is 10.6 Å². The number of nitrogens with one attached hydrogen (secondary N) is 2. The van der Waals surface area contributed by atoms with Crippen LogP contribution in [0.15, 0.2) is 36.4 Å². The highest BCUT2D eigenvalue weighted by molar-refractivity contribution is 6.48. The van der Waals surface area contributed by atoms with Gasteiger partial charge in [0, 0.05) is 6.42 Å². The zero-order chi connectivity index (χ0) is 29.8. The van der Waals surface area contributed by atoms with Gasteiger partial charge in [-0.15, -0.1) is 0 Å². The molecule has 0 saturated carbocycles. The van der Waals surface area contributed by atoms with E-state index in [1.165, 1.54) is 0 Å². The molecule has 0 saturated heterocycles. The predicted octanol–water partition coefficient (Wildman–Crippen LogP) is 8.17. The number of hydrogen-bond donors (Lipinski definition) is 2. The fourth-order valence-corrected chi connectivity index (χ4v) is 3.74. The highest BCUT2D eigenvalue weighted by Gasteiger charge is 2.40. The van der Waals surface area contributed by atoms with Crippen molar-refractivity contribution in [3.05, 3.63) is 73.7 Å². The van der Waals surface area contributed by atoms with E-state index in [4.69, 9.17) is 34.8 Å². The molecule has 0 aliphatic rings. The summed E-state index contributed by atoms with van der Waals surface area (Å²) in [6.45, 7) is -0.770. The Balaban J connectivity index is 2.27. The first-order chi connectivity index (χ1) is 17.8. The minimum absolute atomic E-state index is 0.184. The molecule has 16 heteroatoms. The molecule has 0 spiro atoms. The molecule has 2 aromatic rings. The van der Waals surface area contributed by atoms with Gasteiger partial charge in [0.15, 0.2) is 0 Å². The third-order valence-electron chi connectivity index (χ3n) is 4.96. The molecule has 0 aliphatic heterocycles. The van der Waals surface area contributed by atoms with Crippen molar-refractivity contribution in [1.29, 1.82) is 0 Å². The molecule has 2 amide bonds. The first-order valence-corrected chi connectivity index (χ1v) is 11.6. The molecule has 4 nitrogen and oxygen atoms in total. The van der Waals surface area contributed by atoms with Crippen molar-refractivity contribution in [3.63, 3.8) is 0 Å². The number of halogens is 12. The van der Waals surface area contributed by atoms with Gasteiger partial charge < -0.3 is 10.6 Å². The van der Waals surface area contributed by atoms with E-state index in [1.807, 2.05) is 10.6 Å². The Morgan fingerprint density at radius 3 is 1.97 bits per heavy atom. The highest BCUT2D eigenvalue weighted by Crippen LogP contribution is 2.41. The molecule has 0 fully saturated rings. The summed E-state index contributed by atoms with van der Waals surface area (Å²) in [5, 5.41) is 3.09. The van der Waals surface area contributed by atoms with Crippen molar-refractivity contribution in [3.8, 4) is 0 Å². The van der Waals surface area contributed by atoms with Crippen molar-refractivity contribution < 1.29 is 49.1 Å². The Bertz CT molecular complexity index is 1220. The zero-order valence-electron chi connectivity index (χ0n) is 19.1. The van der Waals surface area contributed by atoms with Crippen LogP contribution in [-0.2, 0) is 11.0 Å². The molecule has 0 heterocycles. The van der Waals surface area contributed by atoms with Crippen LogP contribution in [0.2, 0.25) is 15.1 Å². The summed E-state index contributed by atoms with van der Waals surface area (Å²) in [5.41, 5.74) is -3.22. The van der Waals surface area contributed by atoms with E-state index in [0.717, 1.165) is 24.3 Å². The van der Waals surface area contributed by atoms with E-state index in [0.29, 0.717) is 18.2 Å². The molecular formula is C23H16Cl3F9N2O2. The van der Waals surface area contributed by atoms with Crippen LogP contribution in [0.4, 0.5) is 39.5 Å². The Hall–Kier alpha value is -2.64. The molecule has 0 bridgehead atoms. The molecule has 2 aromatic carbocycles. The third-order valence-corrected chi connectivity index (χ3v) is 6.16. The predicted molar refractivity (Wildman–Crippen MR) is 127 cm³/mol. The number of rotatable bonds is 8. The van der Waals surface area contributed by atoms with Gasteiger partial charge in [-0.25, -0.2) is 0 Å². The Morgan fingerprint density at radius 2 is 1.46 bits per heavy atom. The SMILES string of the molecule is O=C(CCC(F)(F)F)NCNC(=O)c1ccc(/C=C/C(c2cc(Cl)c(Cl)c(Cl)c2)C(F)(F)F)cc1C(F)(F)F. The summed E-state index contributed by atoms with van der Waals surface area (Å²) in [5.74, 6) is -4.78. The maximum Gasteiger partial charge on any atom is 0.417 e. The lowest BCUT2D eigenvalue weighted by Crippen LogP contribution is -2.38. The maximum absolute atomic E-state index is 13.7. The molecule has 0 radical (unpaired) electrons. The lowest BCUT2D eigenvalue weighted by atomic mass is 9.96.